The molecule has 0 aliphatic carbocycles. The van der Waals surface area contributed by atoms with Crippen LogP contribution in [0.5, 0.6) is 0 Å². The van der Waals surface area contributed by atoms with E-state index in [1.807, 2.05) is 6.07 Å². The molecule has 2 nitrogen and oxygen atoms in total. The normalized spacial score (nSPS) is 20.7. The quantitative estimate of drug-likeness (QED) is 0.929. The van der Waals surface area contributed by atoms with Crippen LogP contribution in [0.1, 0.15) is 31.4 Å². The zero-order chi connectivity index (χ0) is 14.9. The molecule has 2 unspecified atom stereocenters. The van der Waals surface area contributed by atoms with Gasteiger partial charge in [0.25, 0.3) is 0 Å². The molecule has 110 valence electrons. The molecule has 1 aliphatic heterocycles. The number of hydrogen-bond donors (Lipinski definition) is 1. The maximum atomic E-state index is 6.65. The van der Waals surface area contributed by atoms with Crippen LogP contribution in [0.2, 0.25) is 0 Å². The Morgan fingerprint density at radius 3 is 2.52 bits per heavy atom. The Morgan fingerprint density at radius 1 is 1.10 bits per heavy atom. The van der Waals surface area contributed by atoms with E-state index in [-0.39, 0.29) is 5.54 Å². The lowest BCUT2D eigenvalue weighted by atomic mass is 9.89. The van der Waals surface area contributed by atoms with E-state index in [0.29, 0.717) is 6.04 Å². The van der Waals surface area contributed by atoms with Gasteiger partial charge in [0.2, 0.25) is 0 Å². The topological polar surface area (TPSA) is 29.3 Å². The Labute approximate surface area is 127 Å². The summed E-state index contributed by atoms with van der Waals surface area (Å²) in [5.41, 5.74) is 10.3. The van der Waals surface area contributed by atoms with E-state index in [0.717, 1.165) is 6.54 Å². The summed E-state index contributed by atoms with van der Waals surface area (Å²) in [6, 6.07) is 19.7. The van der Waals surface area contributed by atoms with Crippen LogP contribution in [0, 0.1) is 0 Å². The molecule has 0 amide bonds. The molecule has 0 saturated carbocycles. The number of nitrogens with zero attached hydrogens (tertiary/aromatic N) is 1. The van der Waals surface area contributed by atoms with Gasteiger partial charge in [0, 0.05) is 18.3 Å². The molecule has 0 saturated heterocycles. The Bertz CT molecular complexity index is 604. The predicted molar refractivity (Wildman–Crippen MR) is 89.6 cm³/mol. The fraction of sp³-hybridized carbons (Fsp3) is 0.368. The summed E-state index contributed by atoms with van der Waals surface area (Å²) in [6.45, 7) is 5.28. The number of benzene rings is 2. The van der Waals surface area contributed by atoms with Crippen LogP contribution in [0.15, 0.2) is 54.6 Å². The predicted octanol–water partition coefficient (Wildman–Crippen LogP) is 3.70. The van der Waals surface area contributed by atoms with Crippen molar-refractivity contribution in [3.63, 3.8) is 0 Å². The van der Waals surface area contributed by atoms with Gasteiger partial charge >= 0.3 is 0 Å². The van der Waals surface area contributed by atoms with Crippen molar-refractivity contribution in [2.75, 3.05) is 11.4 Å². The zero-order valence-corrected chi connectivity index (χ0v) is 12.9. The summed E-state index contributed by atoms with van der Waals surface area (Å²) < 4.78 is 0. The summed E-state index contributed by atoms with van der Waals surface area (Å²) in [4.78, 5) is 2.48. The van der Waals surface area contributed by atoms with Gasteiger partial charge < -0.3 is 10.6 Å². The van der Waals surface area contributed by atoms with Gasteiger partial charge in [-0.3, -0.25) is 0 Å². The van der Waals surface area contributed by atoms with Gasteiger partial charge in [-0.2, -0.15) is 0 Å². The third-order valence-corrected chi connectivity index (χ3v) is 4.60. The molecule has 0 aromatic heterocycles. The minimum absolute atomic E-state index is 0.347. The molecule has 2 aromatic carbocycles. The number of nitrogens with two attached hydrogens (primary N) is 1. The van der Waals surface area contributed by atoms with E-state index in [1.54, 1.807) is 0 Å². The van der Waals surface area contributed by atoms with Crippen LogP contribution in [-0.2, 0) is 12.0 Å². The van der Waals surface area contributed by atoms with Crippen molar-refractivity contribution in [1.82, 2.24) is 0 Å². The Balaban J connectivity index is 1.90. The molecule has 2 heteroatoms. The highest BCUT2D eigenvalue weighted by molar-refractivity contribution is 5.57. The summed E-state index contributed by atoms with van der Waals surface area (Å²) in [7, 11) is 0. The van der Waals surface area contributed by atoms with Gasteiger partial charge in [-0.05, 0) is 43.9 Å². The summed E-state index contributed by atoms with van der Waals surface area (Å²) in [6.07, 6.45) is 2.36. The van der Waals surface area contributed by atoms with E-state index in [1.165, 1.54) is 29.7 Å². The number of rotatable bonds is 3. The van der Waals surface area contributed by atoms with Gasteiger partial charge in [0.1, 0.15) is 0 Å². The maximum absolute atomic E-state index is 6.65. The van der Waals surface area contributed by atoms with Gasteiger partial charge in [0.15, 0.2) is 0 Å². The fourth-order valence-corrected chi connectivity index (χ4v) is 3.27. The van der Waals surface area contributed by atoms with Crippen LogP contribution < -0.4 is 10.6 Å². The second-order valence-corrected chi connectivity index (χ2v) is 6.43. The molecule has 1 heterocycles. The van der Waals surface area contributed by atoms with Crippen molar-refractivity contribution in [3.8, 4) is 0 Å². The first-order valence-corrected chi connectivity index (χ1v) is 7.77. The molecule has 2 N–H and O–H groups in total. The van der Waals surface area contributed by atoms with Crippen molar-refractivity contribution in [2.45, 2.75) is 38.3 Å². The molecule has 2 atom stereocenters. The van der Waals surface area contributed by atoms with Crippen molar-refractivity contribution in [1.29, 1.82) is 0 Å². The van der Waals surface area contributed by atoms with E-state index >= 15 is 0 Å². The largest absolute Gasteiger partial charge is 0.366 e. The fourth-order valence-electron chi connectivity index (χ4n) is 3.27. The van der Waals surface area contributed by atoms with Gasteiger partial charge in [0.05, 0.1) is 5.54 Å². The van der Waals surface area contributed by atoms with Crippen molar-refractivity contribution < 1.29 is 0 Å². The third kappa shape index (κ3) is 2.81. The first-order valence-electron chi connectivity index (χ1n) is 7.77. The highest BCUT2D eigenvalue weighted by atomic mass is 15.2. The highest BCUT2D eigenvalue weighted by Crippen LogP contribution is 2.33. The Hall–Kier alpha value is -1.80. The second kappa shape index (κ2) is 5.53. The summed E-state index contributed by atoms with van der Waals surface area (Å²) >= 11 is 0. The monoisotopic (exact) mass is 280 g/mol. The standard InChI is InChI=1S/C19H24N2/c1-15-12-13-16-8-6-7-11-18(16)21(15)14-19(2,20)17-9-4-3-5-10-17/h3-11,15H,12-14,20H2,1-2H3. The van der Waals surface area contributed by atoms with Crippen LogP contribution in [0.4, 0.5) is 5.69 Å². The Morgan fingerprint density at radius 2 is 1.76 bits per heavy atom. The van der Waals surface area contributed by atoms with Crippen LogP contribution in [0.3, 0.4) is 0 Å². The van der Waals surface area contributed by atoms with Crippen LogP contribution >= 0.6 is 0 Å². The Kier molecular flexibility index (Phi) is 3.73. The highest BCUT2D eigenvalue weighted by Gasteiger charge is 2.30. The minimum Gasteiger partial charge on any atom is -0.366 e. The lowest BCUT2D eigenvalue weighted by Crippen LogP contribution is -2.50. The number of fused-ring (bicyclic) bond motifs is 1. The summed E-state index contributed by atoms with van der Waals surface area (Å²) in [5.74, 6) is 0. The molecular formula is C19H24N2. The number of anilines is 1. The van der Waals surface area contributed by atoms with E-state index in [4.69, 9.17) is 5.73 Å². The van der Waals surface area contributed by atoms with E-state index in [2.05, 4.69) is 67.3 Å². The maximum Gasteiger partial charge on any atom is 0.0558 e. The molecule has 1 aliphatic rings. The van der Waals surface area contributed by atoms with E-state index < -0.39 is 0 Å². The first-order chi connectivity index (χ1) is 10.1. The molecule has 0 bridgehead atoms. The third-order valence-electron chi connectivity index (χ3n) is 4.60. The van der Waals surface area contributed by atoms with Crippen LogP contribution in [-0.4, -0.2) is 12.6 Å². The summed E-state index contributed by atoms with van der Waals surface area (Å²) in [5, 5.41) is 0. The minimum atomic E-state index is -0.347. The van der Waals surface area contributed by atoms with Crippen molar-refractivity contribution in [2.24, 2.45) is 5.73 Å². The SMILES string of the molecule is CC1CCc2ccccc2N1CC(C)(N)c1ccccc1. The second-order valence-electron chi connectivity index (χ2n) is 6.43. The van der Waals surface area contributed by atoms with Gasteiger partial charge in [-0.25, -0.2) is 0 Å². The van der Waals surface area contributed by atoms with Crippen molar-refractivity contribution in [3.05, 3.63) is 65.7 Å². The molecule has 3 rings (SSSR count). The van der Waals surface area contributed by atoms with E-state index in [9.17, 15) is 0 Å². The molecule has 21 heavy (non-hydrogen) atoms. The molecular weight excluding hydrogens is 256 g/mol. The smallest absolute Gasteiger partial charge is 0.0558 e. The lowest BCUT2D eigenvalue weighted by molar-refractivity contribution is 0.440. The zero-order valence-electron chi connectivity index (χ0n) is 12.9. The molecule has 0 radical (unpaired) electrons. The van der Waals surface area contributed by atoms with Crippen molar-refractivity contribution >= 4 is 5.69 Å². The van der Waals surface area contributed by atoms with Gasteiger partial charge in [-0.1, -0.05) is 48.5 Å². The molecule has 0 spiro atoms. The van der Waals surface area contributed by atoms with Gasteiger partial charge in [-0.15, -0.1) is 0 Å². The number of aryl methyl sites for hydroxylation is 1. The number of hydrogen-bond acceptors (Lipinski definition) is 2. The molecule has 2 aromatic rings. The number of para-hydroxylation sites is 1. The average molecular weight is 280 g/mol. The average Bonchev–Trinajstić information content (AvgIpc) is 2.51. The van der Waals surface area contributed by atoms with Crippen LogP contribution in [0.25, 0.3) is 0 Å². The lowest BCUT2D eigenvalue weighted by Gasteiger charge is -2.42. The first kappa shape index (κ1) is 14.2. The molecule has 0 fully saturated rings.